The Kier molecular flexibility index (Phi) is 3.88. The van der Waals surface area contributed by atoms with Gasteiger partial charge in [0.2, 0.25) is 5.78 Å². The number of H-pyrrole nitrogens is 1. The first-order chi connectivity index (χ1) is 11.0. The van der Waals surface area contributed by atoms with Gasteiger partial charge in [-0.3, -0.25) is 9.59 Å². The van der Waals surface area contributed by atoms with E-state index in [1.807, 2.05) is 0 Å². The summed E-state index contributed by atoms with van der Waals surface area (Å²) < 4.78 is 0. The lowest BCUT2D eigenvalue weighted by molar-refractivity contribution is -0.136. The molecule has 0 fully saturated rings. The smallest absolute Gasteiger partial charge is 0.307 e. The lowest BCUT2D eigenvalue weighted by Gasteiger charge is -2.03. The molecule has 0 aliphatic rings. The number of carbonyl (C=O) groups excluding carboxylic acids is 1. The largest absolute Gasteiger partial charge is 0.481 e. The van der Waals surface area contributed by atoms with Crippen LogP contribution in [-0.2, 0) is 11.2 Å². The lowest BCUT2D eigenvalue weighted by Crippen LogP contribution is -2.10. The van der Waals surface area contributed by atoms with Gasteiger partial charge in [0.25, 0.3) is 0 Å². The molecule has 2 N–H and O–H groups in total. The zero-order chi connectivity index (χ0) is 16.6. The molecule has 0 radical (unpaired) electrons. The number of nitrogens with zero attached hydrogens (tertiary/aromatic N) is 1. The summed E-state index contributed by atoms with van der Waals surface area (Å²) in [7, 11) is 0. The first-order valence-corrected chi connectivity index (χ1v) is 7.34. The van der Waals surface area contributed by atoms with Gasteiger partial charge in [0.15, 0.2) is 0 Å². The van der Waals surface area contributed by atoms with Gasteiger partial charge < -0.3 is 10.1 Å². The third-order valence-electron chi connectivity index (χ3n) is 3.54. The van der Waals surface area contributed by atoms with Crippen LogP contribution < -0.4 is 0 Å². The highest BCUT2D eigenvalue weighted by Gasteiger charge is 2.22. The Hall–Kier alpha value is -2.66. The summed E-state index contributed by atoms with van der Waals surface area (Å²) in [5.74, 6) is -1.34. The fourth-order valence-electron chi connectivity index (χ4n) is 2.55. The lowest BCUT2D eigenvalue weighted by atomic mass is 10.0. The van der Waals surface area contributed by atoms with Crippen LogP contribution in [0.4, 0.5) is 0 Å². The number of aliphatic carboxylic acids is 1. The van der Waals surface area contributed by atoms with Crippen molar-refractivity contribution in [3.8, 4) is 0 Å². The fraction of sp³-hybridized carbons (Fsp3) is 0.118. The van der Waals surface area contributed by atoms with Crippen molar-refractivity contribution in [3.05, 3.63) is 64.1 Å². The molecule has 0 atom stereocenters. The Morgan fingerprint density at radius 3 is 2.74 bits per heavy atom. The molecule has 3 rings (SSSR count). The molecule has 116 valence electrons. The van der Waals surface area contributed by atoms with Crippen molar-refractivity contribution in [1.29, 1.82) is 0 Å². The van der Waals surface area contributed by atoms with Gasteiger partial charge in [0, 0.05) is 27.2 Å². The van der Waals surface area contributed by atoms with E-state index in [1.165, 1.54) is 0 Å². The minimum atomic E-state index is -1.01. The zero-order valence-electron chi connectivity index (χ0n) is 12.3. The fourth-order valence-corrected chi connectivity index (χ4v) is 2.73. The molecular weight excluding hydrogens is 316 g/mol. The number of aromatic amines is 1. The molecule has 5 nitrogen and oxygen atoms in total. The number of pyridine rings is 1. The second-order valence-electron chi connectivity index (χ2n) is 5.23. The van der Waals surface area contributed by atoms with Crippen LogP contribution in [0.25, 0.3) is 10.9 Å². The van der Waals surface area contributed by atoms with Crippen molar-refractivity contribution < 1.29 is 14.7 Å². The molecule has 0 saturated heterocycles. The van der Waals surface area contributed by atoms with E-state index in [4.69, 9.17) is 16.7 Å². The van der Waals surface area contributed by atoms with Crippen LogP contribution in [0.2, 0.25) is 5.02 Å². The molecule has 6 heteroatoms. The monoisotopic (exact) mass is 328 g/mol. The van der Waals surface area contributed by atoms with Gasteiger partial charge in [-0.05, 0) is 31.2 Å². The van der Waals surface area contributed by atoms with Crippen LogP contribution in [0.3, 0.4) is 0 Å². The standard InChI is InChI=1S/C17H13ClN2O3/c1-9-3-2-4-13(19-9)17(23)16-12(8-15(21)22)11-6-5-10(18)7-14(11)20-16/h2-7,20H,8H2,1H3,(H,21,22). The molecule has 23 heavy (non-hydrogen) atoms. The van der Waals surface area contributed by atoms with E-state index in [1.54, 1.807) is 43.3 Å². The Balaban J connectivity index is 2.19. The maximum Gasteiger partial charge on any atom is 0.307 e. The summed E-state index contributed by atoms with van der Waals surface area (Å²) in [6.45, 7) is 1.79. The van der Waals surface area contributed by atoms with E-state index in [9.17, 15) is 9.59 Å². The number of nitrogens with one attached hydrogen (secondary N) is 1. The van der Waals surface area contributed by atoms with Crippen molar-refractivity contribution in [2.75, 3.05) is 0 Å². The molecule has 0 unspecified atom stereocenters. The number of hydrogen-bond acceptors (Lipinski definition) is 3. The van der Waals surface area contributed by atoms with Gasteiger partial charge in [-0.25, -0.2) is 4.98 Å². The van der Waals surface area contributed by atoms with Gasteiger partial charge >= 0.3 is 5.97 Å². The van der Waals surface area contributed by atoms with Crippen LogP contribution in [0, 0.1) is 6.92 Å². The normalized spacial score (nSPS) is 10.9. The maximum absolute atomic E-state index is 12.7. The Bertz CT molecular complexity index is 931. The van der Waals surface area contributed by atoms with Crippen molar-refractivity contribution in [2.45, 2.75) is 13.3 Å². The zero-order valence-corrected chi connectivity index (χ0v) is 13.0. The quantitative estimate of drug-likeness (QED) is 0.719. The SMILES string of the molecule is Cc1cccc(C(=O)c2[nH]c3cc(Cl)ccc3c2CC(=O)O)n1. The number of aromatic nitrogens is 2. The summed E-state index contributed by atoms with van der Waals surface area (Å²) in [6.07, 6.45) is -0.255. The third-order valence-corrected chi connectivity index (χ3v) is 3.78. The second kappa shape index (κ2) is 5.85. The molecule has 0 aliphatic carbocycles. The summed E-state index contributed by atoms with van der Waals surface area (Å²) in [5, 5.41) is 10.3. The van der Waals surface area contributed by atoms with Gasteiger partial charge in [-0.15, -0.1) is 0 Å². The number of aryl methyl sites for hydroxylation is 1. The first-order valence-electron chi connectivity index (χ1n) is 6.96. The number of carboxylic acid groups (broad SMARTS) is 1. The van der Waals surface area contributed by atoms with Crippen LogP contribution in [0.15, 0.2) is 36.4 Å². The van der Waals surface area contributed by atoms with Crippen molar-refractivity contribution in [1.82, 2.24) is 9.97 Å². The van der Waals surface area contributed by atoms with Crippen molar-refractivity contribution in [3.63, 3.8) is 0 Å². The molecule has 3 aromatic rings. The van der Waals surface area contributed by atoms with Crippen LogP contribution in [0.5, 0.6) is 0 Å². The number of rotatable bonds is 4. The van der Waals surface area contributed by atoms with Crippen LogP contribution in [0.1, 0.15) is 27.4 Å². The number of benzene rings is 1. The van der Waals surface area contributed by atoms with E-state index in [0.717, 1.165) is 5.69 Å². The number of halogens is 1. The van der Waals surface area contributed by atoms with Crippen molar-refractivity contribution in [2.24, 2.45) is 0 Å². The summed E-state index contributed by atoms with van der Waals surface area (Å²) in [5.41, 5.74) is 2.30. The highest BCUT2D eigenvalue weighted by Crippen LogP contribution is 2.27. The van der Waals surface area contributed by atoms with Crippen LogP contribution in [-0.4, -0.2) is 26.8 Å². The number of carboxylic acids is 1. The van der Waals surface area contributed by atoms with Crippen LogP contribution >= 0.6 is 11.6 Å². The second-order valence-corrected chi connectivity index (χ2v) is 5.67. The van der Waals surface area contributed by atoms with Gasteiger partial charge in [-0.1, -0.05) is 23.7 Å². The predicted molar refractivity (Wildman–Crippen MR) is 87.1 cm³/mol. The molecule has 0 bridgehead atoms. The molecule has 2 heterocycles. The molecule has 0 amide bonds. The van der Waals surface area contributed by atoms with Gasteiger partial charge in [0.1, 0.15) is 5.69 Å². The molecule has 0 saturated carbocycles. The average molecular weight is 329 g/mol. The average Bonchev–Trinajstić information content (AvgIpc) is 2.83. The van der Waals surface area contributed by atoms with Gasteiger partial charge in [0.05, 0.1) is 12.1 Å². The number of ketones is 1. The molecule has 0 spiro atoms. The van der Waals surface area contributed by atoms with Crippen molar-refractivity contribution >= 4 is 34.3 Å². The first kappa shape index (κ1) is 15.2. The minimum absolute atomic E-state index is 0.239. The Morgan fingerprint density at radius 1 is 1.26 bits per heavy atom. The van der Waals surface area contributed by atoms with E-state index < -0.39 is 5.97 Å². The van der Waals surface area contributed by atoms with E-state index in [2.05, 4.69) is 9.97 Å². The minimum Gasteiger partial charge on any atom is -0.481 e. The highest BCUT2D eigenvalue weighted by atomic mass is 35.5. The highest BCUT2D eigenvalue weighted by molar-refractivity contribution is 6.31. The molecular formula is C17H13ClN2O3. The van der Waals surface area contributed by atoms with E-state index >= 15 is 0 Å². The Labute approximate surface area is 136 Å². The summed E-state index contributed by atoms with van der Waals surface area (Å²) >= 11 is 5.97. The third kappa shape index (κ3) is 2.96. The topological polar surface area (TPSA) is 83.0 Å². The molecule has 2 aromatic heterocycles. The van der Waals surface area contributed by atoms with E-state index in [0.29, 0.717) is 21.5 Å². The summed E-state index contributed by atoms with van der Waals surface area (Å²) in [4.78, 5) is 31.1. The Morgan fingerprint density at radius 2 is 2.04 bits per heavy atom. The van der Waals surface area contributed by atoms with E-state index in [-0.39, 0.29) is 23.6 Å². The molecule has 0 aliphatic heterocycles. The predicted octanol–water partition coefficient (Wildman–Crippen LogP) is 3.38. The molecule has 1 aromatic carbocycles. The number of carbonyl (C=O) groups is 2. The number of fused-ring (bicyclic) bond motifs is 1. The maximum atomic E-state index is 12.7. The summed E-state index contributed by atoms with van der Waals surface area (Å²) in [6, 6.07) is 10.2. The van der Waals surface area contributed by atoms with Gasteiger partial charge in [-0.2, -0.15) is 0 Å². The number of hydrogen-bond donors (Lipinski definition) is 2.